The van der Waals surface area contributed by atoms with Crippen molar-refractivity contribution >= 4 is 11.6 Å². The smallest absolute Gasteiger partial charge is 0.257 e. The molecular weight excluding hydrogens is 349 g/mol. The third-order valence-corrected chi connectivity index (χ3v) is 4.48. The highest BCUT2D eigenvalue weighted by Gasteiger charge is 2.34. The molecule has 6 nitrogen and oxygen atoms in total. The van der Waals surface area contributed by atoms with Crippen molar-refractivity contribution in [3.8, 4) is 17.2 Å². The Balaban J connectivity index is 1.50. The molecule has 0 radical (unpaired) electrons. The third kappa shape index (κ3) is 3.53. The van der Waals surface area contributed by atoms with Crippen LogP contribution in [0, 0.1) is 5.82 Å². The van der Waals surface area contributed by atoms with Crippen LogP contribution in [0.15, 0.2) is 53.1 Å². The lowest BCUT2D eigenvalue weighted by molar-refractivity contribution is -0.117. The van der Waals surface area contributed by atoms with Gasteiger partial charge < -0.3 is 14.2 Å². The number of benzene rings is 2. The minimum atomic E-state index is -0.328. The Morgan fingerprint density at radius 2 is 1.93 bits per heavy atom. The summed E-state index contributed by atoms with van der Waals surface area (Å²) < 4.78 is 23.8. The maximum atomic E-state index is 13.1. The fourth-order valence-electron chi connectivity index (χ4n) is 3.13. The number of halogens is 1. The standard InChI is InChI=1S/C20H18FN3O3/c1-2-26-17-9-7-16(8-10-17)24-12-14(11-18(24)25)19-22-20(27-23-19)13-3-5-15(21)6-4-13/h3-10,14H,2,11-12H2,1H3. The minimum absolute atomic E-state index is 0.0114. The molecule has 0 saturated carbocycles. The number of carbonyl (C=O) groups excluding carboxylic acids is 1. The molecule has 0 bridgehead atoms. The van der Waals surface area contributed by atoms with Crippen molar-refractivity contribution in [3.05, 3.63) is 60.2 Å². The molecule has 1 amide bonds. The van der Waals surface area contributed by atoms with Crippen molar-refractivity contribution in [1.82, 2.24) is 10.1 Å². The van der Waals surface area contributed by atoms with Crippen molar-refractivity contribution in [1.29, 1.82) is 0 Å². The van der Waals surface area contributed by atoms with Crippen molar-refractivity contribution in [2.24, 2.45) is 0 Å². The van der Waals surface area contributed by atoms with Gasteiger partial charge in [0.05, 0.1) is 6.61 Å². The molecule has 2 heterocycles. The summed E-state index contributed by atoms with van der Waals surface area (Å²) in [5.74, 6) is 1.10. The third-order valence-electron chi connectivity index (χ3n) is 4.48. The number of anilines is 1. The molecule has 0 spiro atoms. The van der Waals surface area contributed by atoms with Gasteiger partial charge in [-0.3, -0.25) is 4.79 Å². The topological polar surface area (TPSA) is 68.5 Å². The van der Waals surface area contributed by atoms with E-state index >= 15 is 0 Å². The molecule has 7 heteroatoms. The van der Waals surface area contributed by atoms with Crippen LogP contribution >= 0.6 is 0 Å². The summed E-state index contributed by atoms with van der Waals surface area (Å²) in [7, 11) is 0. The molecule has 1 saturated heterocycles. The highest BCUT2D eigenvalue weighted by atomic mass is 19.1. The molecule has 1 aromatic heterocycles. The molecule has 27 heavy (non-hydrogen) atoms. The maximum absolute atomic E-state index is 13.1. The Morgan fingerprint density at radius 3 is 2.63 bits per heavy atom. The Bertz CT molecular complexity index is 938. The van der Waals surface area contributed by atoms with Gasteiger partial charge in [0, 0.05) is 30.1 Å². The van der Waals surface area contributed by atoms with Crippen LogP contribution in [0.4, 0.5) is 10.1 Å². The lowest BCUT2D eigenvalue weighted by Gasteiger charge is -2.16. The zero-order valence-corrected chi connectivity index (χ0v) is 14.8. The summed E-state index contributed by atoms with van der Waals surface area (Å²) in [4.78, 5) is 18.6. The second-order valence-corrected chi connectivity index (χ2v) is 6.30. The minimum Gasteiger partial charge on any atom is -0.494 e. The van der Waals surface area contributed by atoms with E-state index in [-0.39, 0.29) is 17.6 Å². The predicted octanol–water partition coefficient (Wildman–Crippen LogP) is 3.79. The van der Waals surface area contributed by atoms with E-state index in [4.69, 9.17) is 9.26 Å². The van der Waals surface area contributed by atoms with E-state index in [9.17, 15) is 9.18 Å². The number of carbonyl (C=O) groups is 1. The molecule has 138 valence electrons. The summed E-state index contributed by atoms with van der Waals surface area (Å²) in [6.45, 7) is 3.00. The van der Waals surface area contributed by atoms with E-state index in [1.807, 2.05) is 31.2 Å². The molecule has 2 aromatic carbocycles. The van der Waals surface area contributed by atoms with E-state index in [2.05, 4.69) is 10.1 Å². The summed E-state index contributed by atoms with van der Waals surface area (Å²) in [5.41, 5.74) is 1.45. The predicted molar refractivity (Wildman–Crippen MR) is 97.0 cm³/mol. The summed E-state index contributed by atoms with van der Waals surface area (Å²) in [5, 5.41) is 4.02. The highest BCUT2D eigenvalue weighted by Crippen LogP contribution is 2.32. The summed E-state index contributed by atoms with van der Waals surface area (Å²) in [6, 6.07) is 13.3. The first-order valence-corrected chi connectivity index (χ1v) is 8.77. The van der Waals surface area contributed by atoms with E-state index in [1.54, 1.807) is 17.0 Å². The lowest BCUT2D eigenvalue weighted by atomic mass is 10.1. The van der Waals surface area contributed by atoms with Crippen molar-refractivity contribution in [2.45, 2.75) is 19.3 Å². The molecular formula is C20H18FN3O3. The van der Waals surface area contributed by atoms with Gasteiger partial charge in [0.15, 0.2) is 5.82 Å². The first-order chi connectivity index (χ1) is 13.1. The fourth-order valence-corrected chi connectivity index (χ4v) is 3.13. The second kappa shape index (κ2) is 7.19. The van der Waals surface area contributed by atoms with Gasteiger partial charge >= 0.3 is 0 Å². The average Bonchev–Trinajstić information content (AvgIpc) is 3.30. The number of hydrogen-bond acceptors (Lipinski definition) is 5. The Labute approximate surface area is 155 Å². The van der Waals surface area contributed by atoms with E-state index in [0.29, 0.717) is 36.9 Å². The number of aromatic nitrogens is 2. The number of rotatable bonds is 5. The van der Waals surface area contributed by atoms with Crippen LogP contribution in [0.2, 0.25) is 0 Å². The molecule has 3 aromatic rings. The lowest BCUT2D eigenvalue weighted by Crippen LogP contribution is -2.24. The van der Waals surface area contributed by atoms with Gasteiger partial charge in [0.25, 0.3) is 5.89 Å². The van der Waals surface area contributed by atoms with Crippen LogP contribution in [0.3, 0.4) is 0 Å². The number of hydrogen-bond donors (Lipinski definition) is 0. The zero-order valence-electron chi connectivity index (χ0n) is 14.8. The van der Waals surface area contributed by atoms with E-state index < -0.39 is 0 Å². The number of ether oxygens (including phenoxy) is 1. The number of amides is 1. The van der Waals surface area contributed by atoms with Crippen molar-refractivity contribution in [2.75, 3.05) is 18.1 Å². The van der Waals surface area contributed by atoms with Crippen LogP contribution in [-0.2, 0) is 4.79 Å². The van der Waals surface area contributed by atoms with Gasteiger partial charge in [-0.05, 0) is 55.5 Å². The Morgan fingerprint density at radius 1 is 1.19 bits per heavy atom. The van der Waals surface area contributed by atoms with Gasteiger partial charge in [-0.15, -0.1) is 0 Å². The molecule has 1 fully saturated rings. The fraction of sp³-hybridized carbons (Fsp3) is 0.250. The normalized spacial score (nSPS) is 16.7. The van der Waals surface area contributed by atoms with Crippen LogP contribution in [0.25, 0.3) is 11.5 Å². The van der Waals surface area contributed by atoms with Crippen LogP contribution in [0.1, 0.15) is 25.1 Å². The molecule has 4 rings (SSSR count). The first-order valence-electron chi connectivity index (χ1n) is 8.77. The highest BCUT2D eigenvalue weighted by molar-refractivity contribution is 5.96. The zero-order chi connectivity index (χ0) is 18.8. The van der Waals surface area contributed by atoms with Gasteiger partial charge in [-0.25, -0.2) is 4.39 Å². The van der Waals surface area contributed by atoms with Gasteiger partial charge in [0.2, 0.25) is 5.91 Å². The second-order valence-electron chi connectivity index (χ2n) is 6.30. The molecule has 0 aliphatic carbocycles. The molecule has 1 aliphatic heterocycles. The maximum Gasteiger partial charge on any atom is 0.257 e. The van der Waals surface area contributed by atoms with Gasteiger partial charge in [-0.1, -0.05) is 5.16 Å². The van der Waals surface area contributed by atoms with E-state index in [0.717, 1.165) is 11.4 Å². The average molecular weight is 367 g/mol. The monoisotopic (exact) mass is 367 g/mol. The molecule has 1 unspecified atom stereocenters. The van der Waals surface area contributed by atoms with Gasteiger partial charge in [-0.2, -0.15) is 4.98 Å². The van der Waals surface area contributed by atoms with Crippen molar-refractivity contribution < 1.29 is 18.4 Å². The molecule has 1 atom stereocenters. The first kappa shape index (κ1) is 17.2. The largest absolute Gasteiger partial charge is 0.494 e. The van der Waals surface area contributed by atoms with Gasteiger partial charge in [0.1, 0.15) is 11.6 Å². The molecule has 0 N–H and O–H groups in total. The van der Waals surface area contributed by atoms with Crippen LogP contribution in [0.5, 0.6) is 5.75 Å². The quantitative estimate of drug-likeness (QED) is 0.686. The molecule has 1 aliphatic rings. The van der Waals surface area contributed by atoms with Crippen molar-refractivity contribution in [3.63, 3.8) is 0 Å². The summed E-state index contributed by atoms with van der Waals surface area (Å²) in [6.07, 6.45) is 0.315. The Hall–Kier alpha value is -3.22. The Kier molecular flexibility index (Phi) is 4.58. The van der Waals surface area contributed by atoms with Crippen LogP contribution < -0.4 is 9.64 Å². The van der Waals surface area contributed by atoms with Crippen LogP contribution in [-0.4, -0.2) is 29.2 Å². The van der Waals surface area contributed by atoms with E-state index in [1.165, 1.54) is 12.1 Å². The summed E-state index contributed by atoms with van der Waals surface area (Å²) >= 11 is 0. The SMILES string of the molecule is CCOc1ccc(N2CC(c3noc(-c4ccc(F)cc4)n3)CC2=O)cc1. The number of nitrogens with zero attached hydrogens (tertiary/aromatic N) is 3.